The maximum absolute atomic E-state index is 12.3. The number of nitriles is 1. The Morgan fingerprint density at radius 2 is 2.00 bits per heavy atom. The summed E-state index contributed by atoms with van der Waals surface area (Å²) in [6.45, 7) is 4.18. The van der Waals surface area contributed by atoms with E-state index in [4.69, 9.17) is 9.15 Å². The topological polar surface area (TPSA) is 92.3 Å². The fourth-order valence-electron chi connectivity index (χ4n) is 2.76. The molecule has 1 heterocycles. The molecule has 1 aliphatic carbocycles. The largest absolute Gasteiger partial charge is 0.462 e. The molecule has 3 rings (SSSR count). The summed E-state index contributed by atoms with van der Waals surface area (Å²) in [6, 6.07) is 11.8. The monoisotopic (exact) mass is 364 g/mol. The summed E-state index contributed by atoms with van der Waals surface area (Å²) in [5.41, 5.74) is 0.804. The van der Waals surface area contributed by atoms with Crippen molar-refractivity contribution in [1.82, 2.24) is 0 Å². The molecule has 0 spiro atoms. The fourth-order valence-corrected chi connectivity index (χ4v) is 2.76. The van der Waals surface area contributed by atoms with Gasteiger partial charge < -0.3 is 14.5 Å². The number of furan rings is 1. The molecule has 1 aliphatic rings. The lowest BCUT2D eigenvalue weighted by Gasteiger charge is -2.06. The van der Waals surface area contributed by atoms with Crippen molar-refractivity contribution in [2.45, 2.75) is 26.2 Å². The Morgan fingerprint density at radius 3 is 2.59 bits per heavy atom. The number of nitrogens with one attached hydrogen (secondary N) is 1. The van der Waals surface area contributed by atoms with Crippen molar-refractivity contribution in [2.75, 3.05) is 11.9 Å². The second-order valence-electron chi connectivity index (χ2n) is 6.48. The first-order valence-corrected chi connectivity index (χ1v) is 8.82. The van der Waals surface area contributed by atoms with Crippen molar-refractivity contribution in [2.24, 2.45) is 5.92 Å². The molecule has 2 aromatic rings. The van der Waals surface area contributed by atoms with Gasteiger partial charge in [0.15, 0.2) is 0 Å². The van der Waals surface area contributed by atoms with Crippen molar-refractivity contribution < 1.29 is 18.7 Å². The molecule has 1 fully saturated rings. The number of hydrogen-bond acceptors (Lipinski definition) is 5. The molecule has 6 nitrogen and oxygen atoms in total. The maximum Gasteiger partial charge on any atom is 0.338 e. The lowest BCUT2D eigenvalue weighted by Crippen LogP contribution is -2.13. The second kappa shape index (κ2) is 7.92. The summed E-state index contributed by atoms with van der Waals surface area (Å²) >= 11 is 0. The van der Waals surface area contributed by atoms with E-state index in [1.54, 1.807) is 37.3 Å². The van der Waals surface area contributed by atoms with E-state index in [9.17, 15) is 14.9 Å². The highest BCUT2D eigenvalue weighted by Crippen LogP contribution is 2.47. The van der Waals surface area contributed by atoms with Crippen LogP contribution in [0, 0.1) is 17.2 Å². The standard InChI is InChI=1S/C21H20N2O4/c1-3-26-21(25)14-4-6-16(7-5-14)23-20(24)15(12-22)11-17-8-9-19(27-17)18-10-13(18)2/h4-9,11,13,18H,3,10H2,1-2H3,(H,23,24)/b15-11+. The quantitative estimate of drug-likeness (QED) is 0.473. The van der Waals surface area contributed by atoms with Crippen LogP contribution in [0.15, 0.2) is 46.4 Å². The van der Waals surface area contributed by atoms with Gasteiger partial charge in [0, 0.05) is 17.7 Å². The Morgan fingerprint density at radius 1 is 1.30 bits per heavy atom. The zero-order valence-corrected chi connectivity index (χ0v) is 15.2. The number of carbonyl (C=O) groups excluding carboxylic acids is 2. The van der Waals surface area contributed by atoms with Gasteiger partial charge in [0.2, 0.25) is 0 Å². The smallest absolute Gasteiger partial charge is 0.338 e. The Kier molecular flexibility index (Phi) is 5.41. The first kappa shape index (κ1) is 18.5. The number of esters is 1. The predicted octanol–water partition coefficient (Wildman–Crippen LogP) is 4.13. The molecule has 0 radical (unpaired) electrons. The summed E-state index contributed by atoms with van der Waals surface area (Å²) in [5, 5.41) is 11.9. The Hall–Kier alpha value is -3.33. The Balaban J connectivity index is 1.67. The highest BCUT2D eigenvalue weighted by atomic mass is 16.5. The first-order chi connectivity index (χ1) is 13.0. The molecule has 2 atom stereocenters. The molecule has 6 heteroatoms. The minimum absolute atomic E-state index is 0.0609. The fraction of sp³-hybridized carbons (Fsp3) is 0.286. The zero-order valence-electron chi connectivity index (χ0n) is 15.2. The van der Waals surface area contributed by atoms with E-state index in [1.807, 2.05) is 12.1 Å². The van der Waals surface area contributed by atoms with Gasteiger partial charge in [-0.05, 0) is 55.7 Å². The Labute approximate surface area is 157 Å². The second-order valence-corrected chi connectivity index (χ2v) is 6.48. The zero-order chi connectivity index (χ0) is 19.4. The number of nitrogens with zero attached hydrogens (tertiary/aromatic N) is 1. The molecule has 138 valence electrons. The highest BCUT2D eigenvalue weighted by Gasteiger charge is 2.36. The van der Waals surface area contributed by atoms with Crippen LogP contribution in [0.25, 0.3) is 6.08 Å². The number of amides is 1. The molecule has 1 aromatic heterocycles. The molecule has 1 aromatic carbocycles. The molecule has 0 aliphatic heterocycles. The van der Waals surface area contributed by atoms with Gasteiger partial charge in [-0.2, -0.15) is 5.26 Å². The van der Waals surface area contributed by atoms with Crippen LogP contribution in [0.1, 0.15) is 48.1 Å². The van der Waals surface area contributed by atoms with E-state index in [1.165, 1.54) is 6.08 Å². The van der Waals surface area contributed by atoms with Crippen molar-refractivity contribution >= 4 is 23.6 Å². The molecular formula is C21H20N2O4. The number of anilines is 1. The minimum Gasteiger partial charge on any atom is -0.462 e. The van der Waals surface area contributed by atoms with Crippen LogP contribution in [0.5, 0.6) is 0 Å². The van der Waals surface area contributed by atoms with Gasteiger partial charge in [0.25, 0.3) is 5.91 Å². The van der Waals surface area contributed by atoms with E-state index >= 15 is 0 Å². The summed E-state index contributed by atoms with van der Waals surface area (Å²) in [4.78, 5) is 24.0. The summed E-state index contributed by atoms with van der Waals surface area (Å²) in [7, 11) is 0. The lowest BCUT2D eigenvalue weighted by atomic mass is 10.2. The molecular weight excluding hydrogens is 344 g/mol. The minimum atomic E-state index is -0.542. The van der Waals surface area contributed by atoms with Crippen LogP contribution in [-0.2, 0) is 9.53 Å². The van der Waals surface area contributed by atoms with E-state index < -0.39 is 11.9 Å². The van der Waals surface area contributed by atoms with Gasteiger partial charge in [-0.25, -0.2) is 4.79 Å². The number of carbonyl (C=O) groups is 2. The molecule has 27 heavy (non-hydrogen) atoms. The van der Waals surface area contributed by atoms with Gasteiger partial charge in [0.1, 0.15) is 23.2 Å². The van der Waals surface area contributed by atoms with Crippen molar-refractivity contribution in [3.8, 4) is 6.07 Å². The normalized spacial score (nSPS) is 18.5. The van der Waals surface area contributed by atoms with Crippen LogP contribution in [-0.4, -0.2) is 18.5 Å². The molecule has 2 unspecified atom stereocenters. The summed E-state index contributed by atoms with van der Waals surface area (Å²) in [6.07, 6.45) is 2.53. The molecule has 1 saturated carbocycles. The first-order valence-electron chi connectivity index (χ1n) is 8.82. The van der Waals surface area contributed by atoms with Gasteiger partial charge in [0.05, 0.1) is 12.2 Å². The maximum atomic E-state index is 12.3. The molecule has 1 amide bonds. The molecule has 0 bridgehead atoms. The van der Waals surface area contributed by atoms with E-state index in [2.05, 4.69) is 12.2 Å². The van der Waals surface area contributed by atoms with Crippen molar-refractivity contribution in [3.63, 3.8) is 0 Å². The van der Waals surface area contributed by atoms with Gasteiger partial charge in [-0.15, -0.1) is 0 Å². The average molecular weight is 364 g/mol. The van der Waals surface area contributed by atoms with Gasteiger partial charge >= 0.3 is 5.97 Å². The number of ether oxygens (including phenoxy) is 1. The van der Waals surface area contributed by atoms with Crippen molar-refractivity contribution in [3.05, 3.63) is 59.1 Å². The van der Waals surface area contributed by atoms with E-state index in [0.29, 0.717) is 35.5 Å². The van der Waals surface area contributed by atoms with Crippen LogP contribution in [0.2, 0.25) is 0 Å². The van der Waals surface area contributed by atoms with E-state index in [-0.39, 0.29) is 5.57 Å². The predicted molar refractivity (Wildman–Crippen MR) is 99.8 cm³/mol. The summed E-state index contributed by atoms with van der Waals surface area (Å²) < 4.78 is 10.6. The van der Waals surface area contributed by atoms with Gasteiger partial charge in [-0.1, -0.05) is 6.92 Å². The number of rotatable bonds is 6. The molecule has 1 N–H and O–H groups in total. The highest BCUT2D eigenvalue weighted by molar-refractivity contribution is 6.09. The number of benzene rings is 1. The summed E-state index contributed by atoms with van der Waals surface area (Å²) in [5.74, 6) is 1.45. The van der Waals surface area contributed by atoms with Gasteiger partial charge in [-0.3, -0.25) is 4.79 Å². The third-order valence-electron chi connectivity index (χ3n) is 4.43. The third-order valence-corrected chi connectivity index (χ3v) is 4.43. The lowest BCUT2D eigenvalue weighted by molar-refractivity contribution is -0.112. The SMILES string of the molecule is CCOC(=O)c1ccc(NC(=O)/C(C#N)=C/c2ccc(C3CC3C)o2)cc1. The van der Waals surface area contributed by atoms with Crippen LogP contribution in [0.4, 0.5) is 5.69 Å². The van der Waals surface area contributed by atoms with Crippen molar-refractivity contribution in [1.29, 1.82) is 5.26 Å². The molecule has 0 saturated heterocycles. The third kappa shape index (κ3) is 4.45. The van der Waals surface area contributed by atoms with Crippen LogP contribution in [0.3, 0.4) is 0 Å². The van der Waals surface area contributed by atoms with Crippen LogP contribution < -0.4 is 5.32 Å². The Bertz CT molecular complexity index is 918. The number of hydrogen-bond donors (Lipinski definition) is 1. The van der Waals surface area contributed by atoms with Crippen LogP contribution >= 0.6 is 0 Å². The van der Waals surface area contributed by atoms with E-state index in [0.717, 1.165) is 12.2 Å². The average Bonchev–Trinajstić information content (AvgIpc) is 3.21.